The summed E-state index contributed by atoms with van der Waals surface area (Å²) in [6, 6.07) is 3.84. The quantitative estimate of drug-likeness (QED) is 0.845. The number of aryl methyl sites for hydroxylation is 1. The lowest BCUT2D eigenvalue weighted by atomic mass is 10.1. The van der Waals surface area contributed by atoms with Gasteiger partial charge < -0.3 is 5.32 Å². The van der Waals surface area contributed by atoms with Crippen LogP contribution >= 0.6 is 0 Å². The fourth-order valence-corrected chi connectivity index (χ4v) is 4.16. The van der Waals surface area contributed by atoms with Crippen molar-refractivity contribution in [2.75, 3.05) is 7.05 Å². The average molecular weight is 296 g/mol. The predicted molar refractivity (Wildman–Crippen MR) is 81.2 cm³/mol. The van der Waals surface area contributed by atoms with E-state index in [-0.39, 0.29) is 6.04 Å². The van der Waals surface area contributed by atoms with Crippen molar-refractivity contribution in [3.05, 3.63) is 28.8 Å². The molecule has 1 aromatic carbocycles. The van der Waals surface area contributed by atoms with Crippen LogP contribution in [0.2, 0.25) is 0 Å². The van der Waals surface area contributed by atoms with Gasteiger partial charge in [-0.1, -0.05) is 6.07 Å². The molecule has 1 atom stereocenters. The molecular weight excluding hydrogens is 272 g/mol. The molecule has 5 heteroatoms. The van der Waals surface area contributed by atoms with E-state index >= 15 is 0 Å². The van der Waals surface area contributed by atoms with Gasteiger partial charge in [-0.25, -0.2) is 13.1 Å². The zero-order valence-electron chi connectivity index (χ0n) is 12.7. The second-order valence-corrected chi connectivity index (χ2v) is 7.50. The van der Waals surface area contributed by atoms with Crippen LogP contribution in [0.1, 0.15) is 36.5 Å². The van der Waals surface area contributed by atoms with Crippen LogP contribution in [0, 0.1) is 19.8 Å². The molecule has 0 spiro atoms. The molecule has 0 aromatic heterocycles. The summed E-state index contributed by atoms with van der Waals surface area (Å²) in [5, 5.41) is 3.06. The molecule has 0 amide bonds. The summed E-state index contributed by atoms with van der Waals surface area (Å²) < 4.78 is 28.0. The van der Waals surface area contributed by atoms with Gasteiger partial charge in [0.1, 0.15) is 0 Å². The molecule has 2 N–H and O–H groups in total. The van der Waals surface area contributed by atoms with Crippen molar-refractivity contribution in [2.24, 2.45) is 5.92 Å². The highest BCUT2D eigenvalue weighted by molar-refractivity contribution is 7.89. The van der Waals surface area contributed by atoms with Gasteiger partial charge in [0.2, 0.25) is 10.0 Å². The Morgan fingerprint density at radius 3 is 2.50 bits per heavy atom. The molecule has 1 aliphatic rings. The highest BCUT2D eigenvalue weighted by atomic mass is 32.2. The Bertz CT molecular complexity index is 592. The third-order valence-corrected chi connectivity index (χ3v) is 5.71. The maximum atomic E-state index is 12.6. The Morgan fingerprint density at radius 1 is 1.30 bits per heavy atom. The average Bonchev–Trinajstić information content (AvgIpc) is 3.17. The molecule has 0 aliphatic heterocycles. The number of nitrogens with one attached hydrogen (secondary N) is 2. The molecule has 2 rings (SSSR count). The number of rotatable bonds is 6. The van der Waals surface area contributed by atoms with Crippen LogP contribution < -0.4 is 10.0 Å². The Kier molecular flexibility index (Phi) is 4.52. The van der Waals surface area contributed by atoms with Crippen LogP contribution in [0.5, 0.6) is 0 Å². The van der Waals surface area contributed by atoms with Gasteiger partial charge >= 0.3 is 0 Å². The van der Waals surface area contributed by atoms with E-state index in [1.807, 2.05) is 33.9 Å². The van der Waals surface area contributed by atoms with Crippen molar-refractivity contribution < 1.29 is 8.42 Å². The summed E-state index contributed by atoms with van der Waals surface area (Å²) in [6.45, 7) is 6.45. The van der Waals surface area contributed by atoms with Gasteiger partial charge in [0.05, 0.1) is 4.90 Å². The van der Waals surface area contributed by atoms with E-state index < -0.39 is 10.0 Å². The second kappa shape index (κ2) is 5.84. The molecule has 0 saturated heterocycles. The topological polar surface area (TPSA) is 58.2 Å². The predicted octanol–water partition coefficient (Wildman–Crippen LogP) is 2.10. The van der Waals surface area contributed by atoms with Crippen molar-refractivity contribution in [3.8, 4) is 0 Å². The first kappa shape index (κ1) is 15.5. The van der Waals surface area contributed by atoms with Gasteiger partial charge in [-0.15, -0.1) is 0 Å². The first-order valence-corrected chi connectivity index (χ1v) is 8.60. The zero-order chi connectivity index (χ0) is 14.9. The molecule has 1 fully saturated rings. The lowest BCUT2D eigenvalue weighted by Crippen LogP contribution is -2.34. The van der Waals surface area contributed by atoms with Gasteiger partial charge in [-0.05, 0) is 69.3 Å². The third-order valence-electron chi connectivity index (χ3n) is 4.02. The lowest BCUT2D eigenvalue weighted by molar-refractivity contribution is 0.537. The van der Waals surface area contributed by atoms with Crippen molar-refractivity contribution in [1.82, 2.24) is 10.0 Å². The molecular formula is C15H24N2O2S. The van der Waals surface area contributed by atoms with Crippen molar-refractivity contribution >= 4 is 10.0 Å². The molecule has 4 nitrogen and oxygen atoms in total. The minimum atomic E-state index is -3.44. The number of benzene rings is 1. The maximum absolute atomic E-state index is 12.6. The Balaban J connectivity index is 2.33. The fraction of sp³-hybridized carbons (Fsp3) is 0.600. The highest BCUT2D eigenvalue weighted by Gasteiger charge is 2.31. The molecule has 0 bridgehead atoms. The highest BCUT2D eigenvalue weighted by Crippen LogP contribution is 2.33. The summed E-state index contributed by atoms with van der Waals surface area (Å²) in [5.41, 5.74) is 2.84. The minimum Gasteiger partial charge on any atom is -0.316 e. The van der Waals surface area contributed by atoms with Crippen LogP contribution in [-0.2, 0) is 16.6 Å². The number of sulfonamides is 1. The standard InChI is InChI=1S/C15H24N2O2S/c1-10-7-13(9-16-4)8-15(11(10)2)20(18,19)17-12(3)14-5-6-14/h7-8,12,14,16-17H,5-6,9H2,1-4H3. The summed E-state index contributed by atoms with van der Waals surface area (Å²) in [4.78, 5) is 0.412. The summed E-state index contributed by atoms with van der Waals surface area (Å²) >= 11 is 0. The largest absolute Gasteiger partial charge is 0.316 e. The molecule has 0 radical (unpaired) electrons. The summed E-state index contributed by atoms with van der Waals surface area (Å²) in [6.07, 6.45) is 2.25. The van der Waals surface area contributed by atoms with Gasteiger partial charge in [-0.3, -0.25) is 0 Å². The van der Waals surface area contributed by atoms with Crippen molar-refractivity contribution in [3.63, 3.8) is 0 Å². The molecule has 112 valence electrons. The SMILES string of the molecule is CNCc1cc(C)c(C)c(S(=O)(=O)NC(C)C2CC2)c1. The van der Waals surface area contributed by atoms with Gasteiger partial charge in [0.25, 0.3) is 0 Å². The second-order valence-electron chi connectivity index (χ2n) is 5.81. The summed E-state index contributed by atoms with van der Waals surface area (Å²) in [7, 11) is -1.58. The van der Waals surface area contributed by atoms with Crippen molar-refractivity contribution in [1.29, 1.82) is 0 Å². The van der Waals surface area contributed by atoms with E-state index in [1.54, 1.807) is 6.07 Å². The fourth-order valence-electron chi connectivity index (χ4n) is 2.48. The van der Waals surface area contributed by atoms with Crippen LogP contribution in [-0.4, -0.2) is 21.5 Å². The molecule has 1 saturated carbocycles. The first-order valence-electron chi connectivity index (χ1n) is 7.12. The maximum Gasteiger partial charge on any atom is 0.241 e. The van der Waals surface area contributed by atoms with E-state index in [0.717, 1.165) is 29.5 Å². The van der Waals surface area contributed by atoms with Crippen LogP contribution in [0.25, 0.3) is 0 Å². The number of hydrogen-bond acceptors (Lipinski definition) is 3. The Labute approximate surface area is 122 Å². The van der Waals surface area contributed by atoms with E-state index in [4.69, 9.17) is 0 Å². The van der Waals surface area contributed by atoms with E-state index in [0.29, 0.717) is 17.4 Å². The Hall–Kier alpha value is -0.910. The molecule has 0 heterocycles. The van der Waals surface area contributed by atoms with Gasteiger partial charge in [0, 0.05) is 12.6 Å². The normalized spacial score (nSPS) is 17.2. The molecule has 1 aliphatic carbocycles. The molecule has 1 unspecified atom stereocenters. The van der Waals surface area contributed by atoms with E-state index in [2.05, 4.69) is 10.0 Å². The molecule has 20 heavy (non-hydrogen) atoms. The van der Waals surface area contributed by atoms with Crippen molar-refractivity contribution in [2.45, 2.75) is 51.1 Å². The van der Waals surface area contributed by atoms with E-state index in [9.17, 15) is 8.42 Å². The van der Waals surface area contributed by atoms with Crippen LogP contribution in [0.15, 0.2) is 17.0 Å². The van der Waals surface area contributed by atoms with E-state index in [1.165, 1.54) is 0 Å². The third kappa shape index (κ3) is 3.40. The monoisotopic (exact) mass is 296 g/mol. The Morgan fingerprint density at radius 2 is 1.95 bits per heavy atom. The van der Waals surface area contributed by atoms with Gasteiger partial charge in [-0.2, -0.15) is 0 Å². The lowest BCUT2D eigenvalue weighted by Gasteiger charge is -2.17. The summed E-state index contributed by atoms with van der Waals surface area (Å²) in [5.74, 6) is 0.506. The molecule has 1 aromatic rings. The van der Waals surface area contributed by atoms with Gasteiger partial charge in [0.15, 0.2) is 0 Å². The van der Waals surface area contributed by atoms with Crippen LogP contribution in [0.3, 0.4) is 0 Å². The first-order chi connectivity index (χ1) is 9.35. The number of hydrogen-bond donors (Lipinski definition) is 2. The smallest absolute Gasteiger partial charge is 0.241 e. The van der Waals surface area contributed by atoms with Crippen LogP contribution in [0.4, 0.5) is 0 Å². The minimum absolute atomic E-state index is 0.0210. The zero-order valence-corrected chi connectivity index (χ0v) is 13.5.